The van der Waals surface area contributed by atoms with Gasteiger partial charge in [0.05, 0.1) is 25.4 Å². The van der Waals surface area contributed by atoms with E-state index in [1.165, 1.54) is 12.5 Å². The molecule has 1 aromatic heterocycles. The van der Waals surface area contributed by atoms with E-state index in [0.29, 0.717) is 25.0 Å². The minimum atomic E-state index is -1.32. The molecule has 2 heterocycles. The van der Waals surface area contributed by atoms with Crippen LogP contribution in [0.1, 0.15) is 53.4 Å². The molecule has 13 nitrogen and oxygen atoms in total. The SMILES string of the molecule is CC(CN=[N+]=[N-])(CN=[N+]=[N-])OC(=O)n1cc2c(n1)CCC(N(C(=O)c1ccc(-c3cccc4c3OCC4)cc1)C1CC1)C2. The molecule has 6 rings (SSSR count). The predicted octanol–water partition coefficient (Wildman–Crippen LogP) is 6.01. The van der Waals surface area contributed by atoms with E-state index < -0.39 is 11.7 Å². The molecule has 1 amide bonds. The van der Waals surface area contributed by atoms with Crippen LogP contribution in [0.15, 0.2) is 58.9 Å². The molecule has 1 unspecified atom stereocenters. The normalized spacial score (nSPS) is 18.1. The van der Waals surface area contributed by atoms with E-state index in [9.17, 15) is 9.59 Å². The Balaban J connectivity index is 1.17. The summed E-state index contributed by atoms with van der Waals surface area (Å²) in [4.78, 5) is 34.3. The molecule has 0 spiro atoms. The van der Waals surface area contributed by atoms with Gasteiger partial charge in [-0.05, 0) is 78.9 Å². The number of amides is 1. The molecule has 2 aliphatic carbocycles. The Morgan fingerprint density at radius 1 is 1.05 bits per heavy atom. The number of nitrogens with zero attached hydrogens (tertiary/aromatic N) is 9. The Kier molecular flexibility index (Phi) is 7.67. The number of carbonyl (C=O) groups excluding carboxylic acids is 2. The van der Waals surface area contributed by atoms with Gasteiger partial charge in [-0.25, -0.2) is 4.79 Å². The Morgan fingerprint density at radius 3 is 2.49 bits per heavy atom. The van der Waals surface area contributed by atoms with Crippen molar-refractivity contribution in [2.45, 2.75) is 63.1 Å². The van der Waals surface area contributed by atoms with E-state index >= 15 is 0 Å². The first-order valence-corrected chi connectivity index (χ1v) is 14.4. The van der Waals surface area contributed by atoms with E-state index in [-0.39, 0.29) is 31.1 Å². The number of aryl methyl sites for hydroxylation is 1. The summed E-state index contributed by atoms with van der Waals surface area (Å²) in [6.07, 6.45) is 5.65. The van der Waals surface area contributed by atoms with Crippen LogP contribution in [-0.2, 0) is 24.0 Å². The highest BCUT2D eigenvalue weighted by Crippen LogP contribution is 2.38. The highest BCUT2D eigenvalue weighted by atomic mass is 16.6. The highest BCUT2D eigenvalue weighted by Gasteiger charge is 2.40. The van der Waals surface area contributed by atoms with Crippen molar-refractivity contribution in [2.75, 3.05) is 19.7 Å². The van der Waals surface area contributed by atoms with Crippen LogP contribution in [0.4, 0.5) is 4.79 Å². The van der Waals surface area contributed by atoms with Crippen LogP contribution in [0, 0.1) is 0 Å². The zero-order chi connectivity index (χ0) is 30.0. The summed E-state index contributed by atoms with van der Waals surface area (Å²) in [6.45, 7) is 1.83. The third kappa shape index (κ3) is 5.86. The number of benzene rings is 2. The van der Waals surface area contributed by atoms with Gasteiger partial charge in [-0.2, -0.15) is 9.78 Å². The molecular formula is C30H31N9O4. The molecule has 13 heteroatoms. The fourth-order valence-corrected chi connectivity index (χ4v) is 5.92. The van der Waals surface area contributed by atoms with Crippen LogP contribution < -0.4 is 4.74 Å². The Labute approximate surface area is 247 Å². The number of ether oxygens (including phenoxy) is 2. The lowest BCUT2D eigenvalue weighted by Gasteiger charge is -2.34. The number of fused-ring (bicyclic) bond motifs is 2. The van der Waals surface area contributed by atoms with Gasteiger partial charge in [-0.1, -0.05) is 40.6 Å². The molecule has 0 radical (unpaired) electrons. The highest BCUT2D eigenvalue weighted by molar-refractivity contribution is 5.95. The third-order valence-electron chi connectivity index (χ3n) is 8.23. The second-order valence-corrected chi connectivity index (χ2v) is 11.5. The summed E-state index contributed by atoms with van der Waals surface area (Å²) in [5, 5.41) is 11.4. The quantitative estimate of drug-likeness (QED) is 0.171. The fourth-order valence-electron chi connectivity index (χ4n) is 5.92. The number of para-hydroxylation sites is 1. The molecular weight excluding hydrogens is 550 g/mol. The number of carbonyl (C=O) groups is 2. The van der Waals surface area contributed by atoms with Gasteiger partial charge in [0.25, 0.3) is 5.91 Å². The predicted molar refractivity (Wildman–Crippen MR) is 157 cm³/mol. The van der Waals surface area contributed by atoms with Crippen molar-refractivity contribution in [1.29, 1.82) is 0 Å². The monoisotopic (exact) mass is 581 g/mol. The average molecular weight is 582 g/mol. The van der Waals surface area contributed by atoms with Crippen molar-refractivity contribution in [3.8, 4) is 16.9 Å². The molecule has 1 fully saturated rings. The average Bonchev–Trinajstić information content (AvgIpc) is 3.55. The smallest absolute Gasteiger partial charge is 0.435 e. The van der Waals surface area contributed by atoms with Crippen LogP contribution >= 0.6 is 0 Å². The maximum atomic E-state index is 13.9. The zero-order valence-corrected chi connectivity index (χ0v) is 23.8. The van der Waals surface area contributed by atoms with E-state index in [0.717, 1.165) is 58.5 Å². The molecule has 1 aliphatic heterocycles. The molecule has 43 heavy (non-hydrogen) atoms. The summed E-state index contributed by atoms with van der Waals surface area (Å²) >= 11 is 0. The molecule has 0 N–H and O–H groups in total. The summed E-state index contributed by atoms with van der Waals surface area (Å²) in [6, 6.07) is 14.1. The summed E-state index contributed by atoms with van der Waals surface area (Å²) < 4.78 is 12.6. The molecule has 0 bridgehead atoms. The Morgan fingerprint density at radius 2 is 1.79 bits per heavy atom. The molecule has 1 atom stereocenters. The van der Waals surface area contributed by atoms with E-state index in [2.05, 4.69) is 31.2 Å². The van der Waals surface area contributed by atoms with E-state index in [4.69, 9.17) is 20.5 Å². The summed E-state index contributed by atoms with van der Waals surface area (Å²) in [7, 11) is 0. The van der Waals surface area contributed by atoms with Crippen LogP contribution in [0.3, 0.4) is 0 Å². The van der Waals surface area contributed by atoms with Crippen molar-refractivity contribution in [3.63, 3.8) is 0 Å². The third-order valence-corrected chi connectivity index (χ3v) is 8.23. The van der Waals surface area contributed by atoms with Crippen molar-refractivity contribution >= 4 is 12.0 Å². The lowest BCUT2D eigenvalue weighted by molar-refractivity contribution is 0.0369. The number of aromatic nitrogens is 2. The second kappa shape index (κ2) is 11.7. The standard InChI is InChI=1S/C30H31N9O4/c1-30(17-33-36-31,18-34-37-32)43-29(41)38-16-22-15-24(11-12-26(22)35-38)39(23-9-10-23)28(40)21-7-5-19(6-8-21)25-4-2-3-20-13-14-42-27(20)25/h2-8,16,23-24H,9-15,17-18H2,1H3. The largest absolute Gasteiger partial charge is 0.492 e. The van der Waals surface area contributed by atoms with Gasteiger partial charge in [-0.15, -0.1) is 0 Å². The first-order chi connectivity index (χ1) is 20.9. The van der Waals surface area contributed by atoms with Gasteiger partial charge < -0.3 is 14.4 Å². The zero-order valence-electron chi connectivity index (χ0n) is 23.8. The van der Waals surface area contributed by atoms with Gasteiger partial charge >= 0.3 is 6.09 Å². The fraction of sp³-hybridized carbons (Fsp3) is 0.433. The number of azide groups is 2. The summed E-state index contributed by atoms with van der Waals surface area (Å²) in [5.41, 5.74) is 21.7. The van der Waals surface area contributed by atoms with Crippen molar-refractivity contribution in [1.82, 2.24) is 14.7 Å². The molecule has 2 aromatic carbocycles. The minimum absolute atomic E-state index is 0.00991. The molecule has 1 saturated carbocycles. The van der Waals surface area contributed by atoms with Gasteiger partial charge in [-0.3, -0.25) is 4.79 Å². The maximum Gasteiger partial charge on any atom is 0.435 e. The van der Waals surface area contributed by atoms with E-state index in [1.54, 1.807) is 6.20 Å². The lowest BCUT2D eigenvalue weighted by atomic mass is 9.91. The van der Waals surface area contributed by atoms with Crippen LogP contribution in [0.5, 0.6) is 5.75 Å². The molecule has 220 valence electrons. The van der Waals surface area contributed by atoms with Gasteiger partial charge in [0.1, 0.15) is 11.4 Å². The molecule has 0 saturated heterocycles. The first-order valence-electron chi connectivity index (χ1n) is 14.4. The Hall–Kier alpha value is -4.99. The van der Waals surface area contributed by atoms with Crippen molar-refractivity contribution < 1.29 is 19.1 Å². The molecule has 3 aliphatic rings. The van der Waals surface area contributed by atoms with Crippen LogP contribution in [-0.4, -0.2) is 64.1 Å². The van der Waals surface area contributed by atoms with Crippen molar-refractivity contribution in [2.24, 2.45) is 10.2 Å². The number of hydrogen-bond donors (Lipinski definition) is 0. The lowest BCUT2D eigenvalue weighted by Crippen LogP contribution is -2.44. The van der Waals surface area contributed by atoms with E-state index in [1.807, 2.05) is 41.3 Å². The maximum absolute atomic E-state index is 13.9. The Bertz CT molecular complexity index is 1630. The molecule has 3 aromatic rings. The van der Waals surface area contributed by atoms with Gasteiger partial charge in [0.2, 0.25) is 0 Å². The second-order valence-electron chi connectivity index (χ2n) is 11.5. The van der Waals surface area contributed by atoms with Gasteiger partial charge in [0, 0.05) is 45.7 Å². The topological polar surface area (TPSA) is 171 Å². The minimum Gasteiger partial charge on any atom is -0.492 e. The van der Waals surface area contributed by atoms with Gasteiger partial charge in [0.15, 0.2) is 0 Å². The summed E-state index contributed by atoms with van der Waals surface area (Å²) in [5.74, 6) is 0.940. The van der Waals surface area contributed by atoms with Crippen LogP contribution in [0.25, 0.3) is 32.0 Å². The number of hydrogen-bond acceptors (Lipinski definition) is 7. The van der Waals surface area contributed by atoms with Crippen molar-refractivity contribution in [3.05, 3.63) is 91.9 Å². The van der Waals surface area contributed by atoms with Crippen LogP contribution in [0.2, 0.25) is 0 Å². The first kappa shape index (κ1) is 28.1. The number of rotatable bonds is 9.